The highest BCUT2D eigenvalue weighted by Crippen LogP contribution is 2.22. The number of pyridine rings is 1. The maximum atomic E-state index is 6.01. The fourth-order valence-electron chi connectivity index (χ4n) is 1.62. The fourth-order valence-corrected chi connectivity index (χ4v) is 1.82. The number of nitrogens with zero attached hydrogens (tertiary/aromatic N) is 3. The van der Waals surface area contributed by atoms with Crippen molar-refractivity contribution < 1.29 is 4.74 Å². The Labute approximate surface area is 111 Å². The molecule has 4 nitrogen and oxygen atoms in total. The summed E-state index contributed by atoms with van der Waals surface area (Å²) in [5.74, 6) is 0.593. The minimum absolute atomic E-state index is 0.369. The van der Waals surface area contributed by atoms with E-state index in [2.05, 4.69) is 15.0 Å². The lowest BCUT2D eigenvalue weighted by Crippen LogP contribution is -2.01. The summed E-state index contributed by atoms with van der Waals surface area (Å²) in [5.41, 5.74) is 2.85. The lowest BCUT2D eigenvalue weighted by atomic mass is 10.1. The van der Waals surface area contributed by atoms with Crippen LogP contribution < -0.4 is 0 Å². The third kappa shape index (κ3) is 3.03. The van der Waals surface area contributed by atoms with Gasteiger partial charge in [0.1, 0.15) is 11.8 Å². The number of ether oxygens (including phenoxy) is 1. The van der Waals surface area contributed by atoms with Gasteiger partial charge in [0.2, 0.25) is 0 Å². The molecule has 0 bridgehead atoms. The first-order valence-corrected chi connectivity index (χ1v) is 6.10. The van der Waals surface area contributed by atoms with Crippen molar-refractivity contribution in [2.75, 3.05) is 6.61 Å². The summed E-state index contributed by atoms with van der Waals surface area (Å²) in [7, 11) is 0. The summed E-state index contributed by atoms with van der Waals surface area (Å²) in [6.45, 7) is 4.91. The van der Waals surface area contributed by atoms with Crippen LogP contribution in [0.2, 0.25) is 5.15 Å². The van der Waals surface area contributed by atoms with E-state index in [0.29, 0.717) is 24.2 Å². The van der Waals surface area contributed by atoms with Gasteiger partial charge in [-0.15, -0.1) is 0 Å². The summed E-state index contributed by atoms with van der Waals surface area (Å²) >= 11 is 6.01. The van der Waals surface area contributed by atoms with Gasteiger partial charge in [0.05, 0.1) is 5.69 Å². The molecule has 0 N–H and O–H groups in total. The molecule has 0 amide bonds. The minimum Gasteiger partial charge on any atom is -0.374 e. The van der Waals surface area contributed by atoms with Gasteiger partial charge in [-0.25, -0.2) is 9.97 Å². The molecule has 0 atom stereocenters. The molecule has 0 radical (unpaired) electrons. The molecule has 94 valence electrons. The zero-order chi connectivity index (χ0) is 13.0. The van der Waals surface area contributed by atoms with E-state index in [0.717, 1.165) is 16.8 Å². The maximum absolute atomic E-state index is 6.01. The maximum Gasteiger partial charge on any atom is 0.156 e. The van der Waals surface area contributed by atoms with Gasteiger partial charge in [0, 0.05) is 30.6 Å². The zero-order valence-corrected chi connectivity index (χ0v) is 11.1. The zero-order valence-electron chi connectivity index (χ0n) is 10.4. The summed E-state index contributed by atoms with van der Waals surface area (Å²) in [6, 6.07) is 3.66. The molecule has 0 saturated carbocycles. The molecule has 0 spiro atoms. The van der Waals surface area contributed by atoms with Gasteiger partial charge in [-0.1, -0.05) is 11.6 Å². The van der Waals surface area contributed by atoms with Gasteiger partial charge in [-0.3, -0.25) is 4.98 Å². The Balaban J connectivity index is 2.39. The Hall–Kier alpha value is -1.52. The van der Waals surface area contributed by atoms with Crippen molar-refractivity contribution in [1.82, 2.24) is 15.0 Å². The highest BCUT2D eigenvalue weighted by Gasteiger charge is 2.07. The fraction of sp³-hybridized carbons (Fsp3) is 0.308. The van der Waals surface area contributed by atoms with Gasteiger partial charge in [-0.05, 0) is 25.5 Å². The predicted octanol–water partition coefficient (Wildman–Crippen LogP) is 3.04. The topological polar surface area (TPSA) is 47.9 Å². The third-order valence-corrected chi connectivity index (χ3v) is 2.67. The molecular weight excluding hydrogens is 250 g/mol. The van der Waals surface area contributed by atoms with Gasteiger partial charge in [0.15, 0.2) is 5.82 Å². The number of aryl methyl sites for hydroxylation is 1. The minimum atomic E-state index is 0.369. The number of aromatic nitrogens is 3. The normalized spacial score (nSPS) is 10.6. The Morgan fingerprint density at radius 1 is 1.33 bits per heavy atom. The summed E-state index contributed by atoms with van der Waals surface area (Å²) < 4.78 is 5.30. The average Bonchev–Trinajstić information content (AvgIpc) is 2.36. The second kappa shape index (κ2) is 5.89. The summed E-state index contributed by atoms with van der Waals surface area (Å²) in [4.78, 5) is 12.7. The molecule has 2 aromatic rings. The van der Waals surface area contributed by atoms with Crippen molar-refractivity contribution in [1.29, 1.82) is 0 Å². The average molecular weight is 264 g/mol. The van der Waals surface area contributed by atoms with E-state index in [9.17, 15) is 0 Å². The van der Waals surface area contributed by atoms with Crippen LogP contribution in [-0.4, -0.2) is 21.6 Å². The van der Waals surface area contributed by atoms with Crippen LogP contribution in [0.5, 0.6) is 0 Å². The largest absolute Gasteiger partial charge is 0.374 e. The lowest BCUT2D eigenvalue weighted by molar-refractivity contribution is 0.128. The van der Waals surface area contributed by atoms with E-state index in [1.54, 1.807) is 18.5 Å². The van der Waals surface area contributed by atoms with E-state index in [-0.39, 0.29) is 0 Å². The summed E-state index contributed by atoms with van der Waals surface area (Å²) in [6.07, 6.45) is 3.54. The molecule has 0 aliphatic carbocycles. The van der Waals surface area contributed by atoms with Crippen molar-refractivity contribution >= 4 is 11.6 Å². The molecule has 5 heteroatoms. The third-order valence-electron chi connectivity index (χ3n) is 2.47. The second-order valence-corrected chi connectivity index (χ2v) is 4.21. The molecule has 0 aliphatic heterocycles. The van der Waals surface area contributed by atoms with Crippen molar-refractivity contribution in [3.05, 3.63) is 41.1 Å². The van der Waals surface area contributed by atoms with Crippen LogP contribution in [0.25, 0.3) is 11.3 Å². The van der Waals surface area contributed by atoms with E-state index >= 15 is 0 Å². The molecular formula is C13H14ClN3O. The van der Waals surface area contributed by atoms with Crippen LogP contribution in [0.1, 0.15) is 18.3 Å². The molecule has 2 aromatic heterocycles. The van der Waals surface area contributed by atoms with Gasteiger partial charge >= 0.3 is 0 Å². The van der Waals surface area contributed by atoms with Crippen LogP contribution in [0.4, 0.5) is 0 Å². The second-order valence-electron chi connectivity index (χ2n) is 3.82. The molecule has 0 aliphatic rings. The van der Waals surface area contributed by atoms with Crippen molar-refractivity contribution in [3.63, 3.8) is 0 Å². The number of rotatable bonds is 4. The van der Waals surface area contributed by atoms with Crippen LogP contribution >= 0.6 is 11.6 Å². The lowest BCUT2D eigenvalue weighted by Gasteiger charge is -2.07. The molecule has 0 saturated heterocycles. The SMILES string of the molecule is CCOCc1nc(Cl)cc(-c2ccncc2C)n1. The quantitative estimate of drug-likeness (QED) is 0.796. The van der Waals surface area contributed by atoms with Gasteiger partial charge in [-0.2, -0.15) is 0 Å². The smallest absolute Gasteiger partial charge is 0.156 e. The highest BCUT2D eigenvalue weighted by atomic mass is 35.5. The first kappa shape index (κ1) is 12.9. The van der Waals surface area contributed by atoms with Crippen LogP contribution in [0.3, 0.4) is 0 Å². The number of hydrogen-bond donors (Lipinski definition) is 0. The number of halogens is 1. The predicted molar refractivity (Wildman–Crippen MR) is 70.3 cm³/mol. The number of hydrogen-bond acceptors (Lipinski definition) is 4. The van der Waals surface area contributed by atoms with E-state index in [1.165, 1.54) is 0 Å². The molecule has 0 aromatic carbocycles. The molecule has 2 heterocycles. The molecule has 18 heavy (non-hydrogen) atoms. The highest BCUT2D eigenvalue weighted by molar-refractivity contribution is 6.29. The molecule has 2 rings (SSSR count). The van der Waals surface area contributed by atoms with Crippen molar-refractivity contribution in [3.8, 4) is 11.3 Å². The standard InChI is InChI=1S/C13H14ClN3O/c1-3-18-8-13-16-11(6-12(14)17-13)10-4-5-15-7-9(10)2/h4-7H,3,8H2,1-2H3. The van der Waals surface area contributed by atoms with Crippen LogP contribution in [0, 0.1) is 6.92 Å². The van der Waals surface area contributed by atoms with Crippen molar-refractivity contribution in [2.45, 2.75) is 20.5 Å². The monoisotopic (exact) mass is 263 g/mol. The van der Waals surface area contributed by atoms with E-state index < -0.39 is 0 Å². The van der Waals surface area contributed by atoms with E-state index in [4.69, 9.17) is 16.3 Å². The van der Waals surface area contributed by atoms with Gasteiger partial charge < -0.3 is 4.74 Å². The van der Waals surface area contributed by atoms with Gasteiger partial charge in [0.25, 0.3) is 0 Å². The van der Waals surface area contributed by atoms with Crippen LogP contribution in [-0.2, 0) is 11.3 Å². The Morgan fingerprint density at radius 2 is 2.17 bits per heavy atom. The summed E-state index contributed by atoms with van der Waals surface area (Å²) in [5, 5.41) is 0.422. The first-order chi connectivity index (χ1) is 8.70. The molecule has 0 fully saturated rings. The Bertz CT molecular complexity index is 546. The Morgan fingerprint density at radius 3 is 2.89 bits per heavy atom. The van der Waals surface area contributed by atoms with Crippen molar-refractivity contribution in [2.24, 2.45) is 0 Å². The first-order valence-electron chi connectivity index (χ1n) is 5.73. The molecule has 0 unspecified atom stereocenters. The Kier molecular flexibility index (Phi) is 4.23. The van der Waals surface area contributed by atoms with Crippen LogP contribution in [0.15, 0.2) is 24.5 Å². The van der Waals surface area contributed by atoms with E-state index in [1.807, 2.05) is 19.9 Å².